The van der Waals surface area contributed by atoms with E-state index in [-0.39, 0.29) is 11.1 Å². The largest absolute Gasteiger partial charge is 0.464 e. The Morgan fingerprint density at radius 1 is 1.40 bits per heavy atom. The van der Waals surface area contributed by atoms with Crippen molar-refractivity contribution >= 4 is 28.6 Å². The molecule has 104 valence electrons. The van der Waals surface area contributed by atoms with E-state index in [1.54, 1.807) is 4.57 Å². The smallest absolute Gasteiger partial charge is 0.201 e. The van der Waals surface area contributed by atoms with Crippen LogP contribution in [0.5, 0.6) is 0 Å². The Morgan fingerprint density at radius 2 is 2.15 bits per heavy atom. The zero-order valence-corrected chi connectivity index (χ0v) is 11.8. The molecule has 0 aliphatic heterocycles. The Balaban J connectivity index is 2.20. The molecule has 2 heterocycles. The van der Waals surface area contributed by atoms with Gasteiger partial charge in [-0.2, -0.15) is 0 Å². The molecule has 20 heavy (non-hydrogen) atoms. The number of imidazole rings is 1. The van der Waals surface area contributed by atoms with Gasteiger partial charge in [-0.05, 0) is 32.0 Å². The van der Waals surface area contributed by atoms with Crippen LogP contribution in [-0.4, -0.2) is 9.55 Å². The zero-order valence-electron chi connectivity index (χ0n) is 11.0. The molecule has 0 saturated heterocycles. The molecule has 0 bridgehead atoms. The lowest BCUT2D eigenvalue weighted by Gasteiger charge is -2.13. The first kappa shape index (κ1) is 13.0. The molecule has 0 amide bonds. The molecule has 1 aromatic carbocycles. The van der Waals surface area contributed by atoms with Crippen molar-refractivity contribution in [2.24, 2.45) is 0 Å². The van der Waals surface area contributed by atoms with Gasteiger partial charge in [0, 0.05) is 6.07 Å². The van der Waals surface area contributed by atoms with E-state index in [4.69, 9.17) is 21.8 Å². The van der Waals surface area contributed by atoms with Gasteiger partial charge in [-0.3, -0.25) is 4.57 Å². The number of anilines is 1. The van der Waals surface area contributed by atoms with Gasteiger partial charge in [0.25, 0.3) is 0 Å². The van der Waals surface area contributed by atoms with Gasteiger partial charge in [0.2, 0.25) is 5.95 Å². The highest BCUT2D eigenvalue weighted by molar-refractivity contribution is 6.31. The van der Waals surface area contributed by atoms with Crippen molar-refractivity contribution < 1.29 is 8.81 Å². The van der Waals surface area contributed by atoms with Gasteiger partial charge >= 0.3 is 0 Å². The number of fused-ring (bicyclic) bond motifs is 1. The van der Waals surface area contributed by atoms with Crippen molar-refractivity contribution in [3.05, 3.63) is 46.6 Å². The number of nitrogens with zero attached hydrogens (tertiary/aromatic N) is 2. The first-order chi connectivity index (χ1) is 9.47. The summed E-state index contributed by atoms with van der Waals surface area (Å²) in [4.78, 5) is 4.17. The molecule has 0 aliphatic rings. The maximum atomic E-state index is 13.5. The second-order valence-electron chi connectivity index (χ2n) is 4.72. The van der Waals surface area contributed by atoms with Crippen LogP contribution in [0.4, 0.5) is 10.3 Å². The van der Waals surface area contributed by atoms with Gasteiger partial charge in [0.1, 0.15) is 17.3 Å². The van der Waals surface area contributed by atoms with Gasteiger partial charge < -0.3 is 10.2 Å². The van der Waals surface area contributed by atoms with Crippen molar-refractivity contribution in [3.63, 3.8) is 0 Å². The molecule has 4 nitrogen and oxygen atoms in total. The van der Waals surface area contributed by atoms with Crippen LogP contribution in [0, 0.1) is 12.7 Å². The molecule has 6 heteroatoms. The maximum Gasteiger partial charge on any atom is 0.201 e. The summed E-state index contributed by atoms with van der Waals surface area (Å²) in [6, 6.07) is 6.42. The van der Waals surface area contributed by atoms with Crippen molar-refractivity contribution in [2.45, 2.75) is 19.9 Å². The highest BCUT2D eigenvalue weighted by Gasteiger charge is 2.19. The van der Waals surface area contributed by atoms with E-state index in [1.165, 1.54) is 12.1 Å². The topological polar surface area (TPSA) is 57.0 Å². The summed E-state index contributed by atoms with van der Waals surface area (Å²) in [6.07, 6.45) is 0. The van der Waals surface area contributed by atoms with Crippen LogP contribution in [0.25, 0.3) is 11.0 Å². The molecule has 1 unspecified atom stereocenters. The van der Waals surface area contributed by atoms with E-state index in [0.717, 1.165) is 11.5 Å². The fourth-order valence-electron chi connectivity index (χ4n) is 2.32. The summed E-state index contributed by atoms with van der Waals surface area (Å²) in [7, 11) is 0. The minimum atomic E-state index is -0.509. The van der Waals surface area contributed by atoms with Gasteiger partial charge in [0.05, 0.1) is 22.1 Å². The van der Waals surface area contributed by atoms with Crippen LogP contribution in [0.15, 0.2) is 28.7 Å². The van der Waals surface area contributed by atoms with E-state index in [9.17, 15) is 4.39 Å². The Hall–Kier alpha value is -2.01. The van der Waals surface area contributed by atoms with E-state index < -0.39 is 5.82 Å². The molecular formula is C14H13ClFN3O. The van der Waals surface area contributed by atoms with E-state index in [1.807, 2.05) is 26.0 Å². The second kappa shape index (κ2) is 4.52. The third-order valence-corrected chi connectivity index (χ3v) is 3.61. The predicted octanol–water partition coefficient (Wildman–Crippen LogP) is 3.92. The molecule has 0 aliphatic carbocycles. The average molecular weight is 294 g/mol. The highest BCUT2D eigenvalue weighted by atomic mass is 35.5. The van der Waals surface area contributed by atoms with Gasteiger partial charge in [-0.1, -0.05) is 11.6 Å². The minimum Gasteiger partial charge on any atom is -0.464 e. The molecule has 3 aromatic rings. The van der Waals surface area contributed by atoms with Gasteiger partial charge in [-0.15, -0.1) is 0 Å². The minimum absolute atomic E-state index is 0.0430. The van der Waals surface area contributed by atoms with Crippen LogP contribution in [0.2, 0.25) is 5.02 Å². The van der Waals surface area contributed by atoms with E-state index >= 15 is 0 Å². The molecule has 2 aromatic heterocycles. The van der Waals surface area contributed by atoms with Crippen molar-refractivity contribution in [1.82, 2.24) is 9.55 Å². The molecule has 0 spiro atoms. The van der Waals surface area contributed by atoms with Crippen LogP contribution in [0.1, 0.15) is 24.5 Å². The zero-order chi connectivity index (χ0) is 14.4. The quantitative estimate of drug-likeness (QED) is 0.779. The van der Waals surface area contributed by atoms with Crippen LogP contribution in [-0.2, 0) is 0 Å². The number of furan rings is 1. The summed E-state index contributed by atoms with van der Waals surface area (Å²) < 4.78 is 20.9. The van der Waals surface area contributed by atoms with Crippen LogP contribution < -0.4 is 5.73 Å². The molecule has 0 radical (unpaired) electrons. The summed E-state index contributed by atoms with van der Waals surface area (Å²) in [5, 5.41) is 0.0430. The summed E-state index contributed by atoms with van der Waals surface area (Å²) in [6.45, 7) is 3.81. The standard InChI is InChI=1S/C14H13ClFN3O/c1-7-3-4-13(20-7)8(2)19-12-5-9(15)10(16)6-11(12)18-14(19)17/h3-6,8H,1-2H3,(H2,17,18). The number of hydrogen-bond donors (Lipinski definition) is 1. The summed E-state index contributed by atoms with van der Waals surface area (Å²) >= 11 is 5.84. The highest BCUT2D eigenvalue weighted by Crippen LogP contribution is 2.30. The average Bonchev–Trinajstić information content (AvgIpc) is 2.93. The number of nitrogens with two attached hydrogens (primary N) is 1. The van der Waals surface area contributed by atoms with Crippen molar-refractivity contribution in [2.75, 3.05) is 5.73 Å². The number of halogens is 2. The fourth-order valence-corrected chi connectivity index (χ4v) is 2.48. The molecule has 2 N–H and O–H groups in total. The SMILES string of the molecule is Cc1ccc(C(C)n2c(N)nc3cc(F)c(Cl)cc32)o1. The van der Waals surface area contributed by atoms with E-state index in [2.05, 4.69) is 4.98 Å². The normalized spacial score (nSPS) is 13.0. The maximum absolute atomic E-state index is 13.5. The first-order valence-electron chi connectivity index (χ1n) is 6.16. The molecule has 1 atom stereocenters. The van der Waals surface area contributed by atoms with Crippen LogP contribution in [0.3, 0.4) is 0 Å². The molecule has 3 rings (SSSR count). The summed E-state index contributed by atoms with van der Waals surface area (Å²) in [5.74, 6) is 1.36. The lowest BCUT2D eigenvalue weighted by molar-refractivity contribution is 0.435. The molecular weight excluding hydrogens is 281 g/mol. The molecule has 0 saturated carbocycles. The third-order valence-electron chi connectivity index (χ3n) is 3.32. The predicted molar refractivity (Wildman–Crippen MR) is 76.4 cm³/mol. The summed E-state index contributed by atoms with van der Waals surface area (Å²) in [5.41, 5.74) is 7.09. The van der Waals surface area contributed by atoms with Crippen molar-refractivity contribution in [3.8, 4) is 0 Å². The Labute approximate surface area is 120 Å². The number of hydrogen-bond acceptors (Lipinski definition) is 3. The Kier molecular flexibility index (Phi) is 2.94. The first-order valence-corrected chi connectivity index (χ1v) is 6.54. The number of nitrogen functional groups attached to an aromatic ring is 1. The van der Waals surface area contributed by atoms with Crippen molar-refractivity contribution in [1.29, 1.82) is 0 Å². The van der Waals surface area contributed by atoms with Gasteiger partial charge in [0.15, 0.2) is 0 Å². The monoisotopic (exact) mass is 293 g/mol. The number of aromatic nitrogens is 2. The third kappa shape index (κ3) is 1.94. The Morgan fingerprint density at radius 3 is 2.80 bits per heavy atom. The van der Waals surface area contributed by atoms with E-state index in [0.29, 0.717) is 17.0 Å². The van der Waals surface area contributed by atoms with Gasteiger partial charge in [-0.25, -0.2) is 9.37 Å². The number of aryl methyl sites for hydroxylation is 1. The molecule has 0 fully saturated rings. The Bertz CT molecular complexity index is 793. The number of benzene rings is 1. The second-order valence-corrected chi connectivity index (χ2v) is 5.13. The number of rotatable bonds is 2. The fraction of sp³-hybridized carbons (Fsp3) is 0.214. The van der Waals surface area contributed by atoms with Crippen LogP contribution >= 0.6 is 11.6 Å². The lowest BCUT2D eigenvalue weighted by Crippen LogP contribution is -2.09. The lowest BCUT2D eigenvalue weighted by atomic mass is 10.2.